The van der Waals surface area contributed by atoms with Crippen LogP contribution in [0.5, 0.6) is 0 Å². The zero-order chi connectivity index (χ0) is 14.6. The minimum Gasteiger partial charge on any atom is -0.481 e. The predicted molar refractivity (Wildman–Crippen MR) is 73.9 cm³/mol. The molecule has 2 N–H and O–H groups in total. The van der Waals surface area contributed by atoms with Crippen molar-refractivity contribution in [3.63, 3.8) is 0 Å². The Hall–Kier alpha value is -1.10. The molecule has 0 spiro atoms. The lowest BCUT2D eigenvalue weighted by atomic mass is 9.76. The average molecular weight is 270 g/mol. The fourth-order valence-electron chi connectivity index (χ4n) is 2.65. The van der Waals surface area contributed by atoms with Gasteiger partial charge < -0.3 is 10.4 Å². The van der Waals surface area contributed by atoms with E-state index < -0.39 is 11.4 Å². The molecule has 19 heavy (non-hydrogen) atoms. The van der Waals surface area contributed by atoms with Crippen molar-refractivity contribution in [1.82, 2.24) is 10.2 Å². The Bertz CT molecular complexity index is 344. The molecule has 0 aromatic rings. The standard InChI is InChI=1S/C14H26N2O3/c1-5-7-15-12(17)11(4)16-8-6-14(9-16,10(2)3)13(18)19/h10-11H,5-9H2,1-4H3,(H,15,17)(H,18,19). The molecule has 110 valence electrons. The monoisotopic (exact) mass is 270 g/mol. The van der Waals surface area contributed by atoms with Crippen LogP contribution in [0.2, 0.25) is 0 Å². The molecule has 2 atom stereocenters. The molecule has 1 amide bonds. The third-order valence-corrected chi connectivity index (χ3v) is 4.34. The minimum absolute atomic E-state index is 0.00760. The second kappa shape index (κ2) is 6.37. The number of carboxylic acids is 1. The van der Waals surface area contributed by atoms with Crippen LogP contribution >= 0.6 is 0 Å². The van der Waals surface area contributed by atoms with Crippen LogP contribution in [-0.2, 0) is 9.59 Å². The topological polar surface area (TPSA) is 69.6 Å². The second-order valence-electron chi connectivity index (χ2n) is 5.80. The molecule has 0 bridgehead atoms. The molecule has 1 aliphatic rings. The number of amides is 1. The first-order valence-corrected chi connectivity index (χ1v) is 7.10. The Balaban J connectivity index is 2.69. The minimum atomic E-state index is -0.744. The maximum absolute atomic E-state index is 11.9. The number of carbonyl (C=O) groups excluding carboxylic acids is 1. The second-order valence-corrected chi connectivity index (χ2v) is 5.80. The van der Waals surface area contributed by atoms with Crippen molar-refractivity contribution in [3.8, 4) is 0 Å². The van der Waals surface area contributed by atoms with Gasteiger partial charge in [-0.1, -0.05) is 20.8 Å². The van der Waals surface area contributed by atoms with E-state index in [1.165, 1.54) is 0 Å². The molecule has 1 rings (SSSR count). The van der Waals surface area contributed by atoms with Crippen molar-refractivity contribution in [2.45, 2.75) is 46.6 Å². The molecule has 1 heterocycles. The van der Waals surface area contributed by atoms with Gasteiger partial charge in [0.15, 0.2) is 0 Å². The normalized spacial score (nSPS) is 25.5. The van der Waals surface area contributed by atoms with Crippen LogP contribution in [0.4, 0.5) is 0 Å². The average Bonchev–Trinajstić information content (AvgIpc) is 2.81. The number of carbonyl (C=O) groups is 2. The summed E-state index contributed by atoms with van der Waals surface area (Å²) in [4.78, 5) is 25.5. The highest BCUT2D eigenvalue weighted by molar-refractivity contribution is 5.82. The van der Waals surface area contributed by atoms with Gasteiger partial charge in [0.2, 0.25) is 5.91 Å². The molecule has 2 unspecified atom stereocenters. The summed E-state index contributed by atoms with van der Waals surface area (Å²) in [5, 5.41) is 12.4. The fraction of sp³-hybridized carbons (Fsp3) is 0.857. The van der Waals surface area contributed by atoms with E-state index in [-0.39, 0.29) is 17.9 Å². The van der Waals surface area contributed by atoms with E-state index in [4.69, 9.17) is 0 Å². The number of nitrogens with zero attached hydrogens (tertiary/aromatic N) is 1. The Morgan fingerprint density at radius 2 is 2.00 bits per heavy atom. The molecule has 5 nitrogen and oxygen atoms in total. The SMILES string of the molecule is CCCNC(=O)C(C)N1CCC(C(=O)O)(C(C)C)C1. The van der Waals surface area contributed by atoms with Gasteiger partial charge in [0.05, 0.1) is 11.5 Å². The molecule has 5 heteroatoms. The maximum Gasteiger partial charge on any atom is 0.311 e. The molecular formula is C14H26N2O3. The van der Waals surface area contributed by atoms with Crippen molar-refractivity contribution < 1.29 is 14.7 Å². The van der Waals surface area contributed by atoms with Gasteiger partial charge in [-0.3, -0.25) is 14.5 Å². The van der Waals surface area contributed by atoms with Crippen LogP contribution in [0.3, 0.4) is 0 Å². The predicted octanol–water partition coefficient (Wildman–Crippen LogP) is 1.33. The summed E-state index contributed by atoms with van der Waals surface area (Å²) in [6.07, 6.45) is 1.52. The van der Waals surface area contributed by atoms with E-state index >= 15 is 0 Å². The van der Waals surface area contributed by atoms with Crippen molar-refractivity contribution >= 4 is 11.9 Å². The summed E-state index contributed by atoms with van der Waals surface area (Å²) < 4.78 is 0. The molecule has 0 aliphatic carbocycles. The van der Waals surface area contributed by atoms with Crippen LogP contribution in [0.15, 0.2) is 0 Å². The highest BCUT2D eigenvalue weighted by Gasteiger charge is 2.48. The van der Waals surface area contributed by atoms with Gasteiger partial charge in [-0.15, -0.1) is 0 Å². The van der Waals surface area contributed by atoms with E-state index in [0.717, 1.165) is 6.42 Å². The van der Waals surface area contributed by atoms with Gasteiger partial charge in [0.25, 0.3) is 0 Å². The summed E-state index contributed by atoms with van der Waals surface area (Å²) in [6, 6.07) is -0.258. The number of hydrogen-bond acceptors (Lipinski definition) is 3. The van der Waals surface area contributed by atoms with Crippen LogP contribution < -0.4 is 5.32 Å². The number of likely N-dealkylation sites (tertiary alicyclic amines) is 1. The Morgan fingerprint density at radius 3 is 2.42 bits per heavy atom. The van der Waals surface area contributed by atoms with Crippen molar-refractivity contribution in [2.75, 3.05) is 19.6 Å². The van der Waals surface area contributed by atoms with Crippen LogP contribution in [-0.4, -0.2) is 47.6 Å². The summed E-state index contributed by atoms with van der Waals surface area (Å²) in [5.74, 6) is -0.682. The number of nitrogens with one attached hydrogen (secondary N) is 1. The van der Waals surface area contributed by atoms with E-state index in [1.807, 2.05) is 32.6 Å². The van der Waals surface area contributed by atoms with Gasteiger partial charge in [0.1, 0.15) is 0 Å². The number of hydrogen-bond donors (Lipinski definition) is 2. The number of aliphatic carboxylic acids is 1. The van der Waals surface area contributed by atoms with Crippen molar-refractivity contribution in [1.29, 1.82) is 0 Å². The van der Waals surface area contributed by atoms with Gasteiger partial charge in [-0.2, -0.15) is 0 Å². The lowest BCUT2D eigenvalue weighted by Crippen LogP contribution is -2.47. The van der Waals surface area contributed by atoms with Gasteiger partial charge in [-0.05, 0) is 25.7 Å². The fourth-order valence-corrected chi connectivity index (χ4v) is 2.65. The molecule has 1 saturated heterocycles. The molecule has 1 aliphatic heterocycles. The molecule has 0 aromatic carbocycles. The summed E-state index contributed by atoms with van der Waals surface area (Å²) >= 11 is 0. The highest BCUT2D eigenvalue weighted by atomic mass is 16.4. The highest BCUT2D eigenvalue weighted by Crippen LogP contribution is 2.38. The van der Waals surface area contributed by atoms with Crippen LogP contribution in [0, 0.1) is 11.3 Å². The quantitative estimate of drug-likeness (QED) is 0.764. The Kier molecular flexibility index (Phi) is 5.35. The summed E-state index contributed by atoms with van der Waals surface area (Å²) in [5.41, 5.74) is -0.709. The number of carboxylic acid groups (broad SMARTS) is 1. The van der Waals surface area contributed by atoms with E-state index in [2.05, 4.69) is 5.32 Å². The first kappa shape index (κ1) is 16.0. The van der Waals surface area contributed by atoms with Crippen molar-refractivity contribution in [2.24, 2.45) is 11.3 Å². The Labute approximate surface area is 115 Å². The third kappa shape index (κ3) is 3.26. The molecular weight excluding hydrogens is 244 g/mol. The zero-order valence-electron chi connectivity index (χ0n) is 12.4. The van der Waals surface area contributed by atoms with E-state index in [9.17, 15) is 14.7 Å². The molecule has 0 aromatic heterocycles. The molecule has 0 saturated carbocycles. The molecule has 0 radical (unpaired) electrons. The van der Waals surface area contributed by atoms with Crippen molar-refractivity contribution in [3.05, 3.63) is 0 Å². The maximum atomic E-state index is 11.9. The largest absolute Gasteiger partial charge is 0.481 e. The van der Waals surface area contributed by atoms with Crippen LogP contribution in [0.1, 0.15) is 40.5 Å². The molecule has 1 fully saturated rings. The summed E-state index contributed by atoms with van der Waals surface area (Å²) in [7, 11) is 0. The van der Waals surface area contributed by atoms with Crippen LogP contribution in [0.25, 0.3) is 0 Å². The smallest absolute Gasteiger partial charge is 0.311 e. The zero-order valence-corrected chi connectivity index (χ0v) is 12.4. The van der Waals surface area contributed by atoms with E-state index in [1.54, 1.807) is 0 Å². The Morgan fingerprint density at radius 1 is 1.37 bits per heavy atom. The van der Waals surface area contributed by atoms with Gasteiger partial charge >= 0.3 is 5.97 Å². The third-order valence-electron chi connectivity index (χ3n) is 4.34. The first-order valence-electron chi connectivity index (χ1n) is 7.10. The number of rotatable bonds is 6. The lowest BCUT2D eigenvalue weighted by molar-refractivity contribution is -0.151. The summed E-state index contributed by atoms with van der Waals surface area (Å²) in [6.45, 7) is 9.55. The van der Waals surface area contributed by atoms with Gasteiger partial charge in [-0.25, -0.2) is 0 Å². The first-order chi connectivity index (χ1) is 8.85. The van der Waals surface area contributed by atoms with E-state index in [0.29, 0.717) is 26.1 Å². The lowest BCUT2D eigenvalue weighted by Gasteiger charge is -2.30. The van der Waals surface area contributed by atoms with Gasteiger partial charge in [0, 0.05) is 19.6 Å².